The number of aromatic nitrogens is 3. The fourth-order valence-electron chi connectivity index (χ4n) is 2.87. The third kappa shape index (κ3) is 5.96. The normalized spacial score (nSPS) is 11.0. The van der Waals surface area contributed by atoms with E-state index in [-0.39, 0.29) is 18.1 Å². The molecule has 0 fully saturated rings. The van der Waals surface area contributed by atoms with Crippen molar-refractivity contribution >= 4 is 29.3 Å². The molecule has 3 aromatic rings. The van der Waals surface area contributed by atoms with Crippen molar-refractivity contribution in [3.63, 3.8) is 0 Å². The van der Waals surface area contributed by atoms with Gasteiger partial charge in [0.25, 0.3) is 0 Å². The van der Waals surface area contributed by atoms with E-state index < -0.39 is 5.91 Å². The van der Waals surface area contributed by atoms with Crippen molar-refractivity contribution in [2.24, 2.45) is 5.73 Å². The molecule has 0 aliphatic rings. The molecule has 8 nitrogen and oxygen atoms in total. The number of furan rings is 1. The Kier molecular flexibility index (Phi) is 7.29. The molecule has 9 heteroatoms. The van der Waals surface area contributed by atoms with Crippen molar-refractivity contribution in [1.82, 2.24) is 14.8 Å². The third-order valence-electron chi connectivity index (χ3n) is 4.45. The number of anilines is 1. The SMILES string of the molecule is CC(C)c1cccc(NC(=O)CSc2nnc(CCC(N)=O)n2Cc2ccco2)c1. The molecule has 2 amide bonds. The van der Waals surface area contributed by atoms with Crippen molar-refractivity contribution in [3.05, 3.63) is 59.8 Å². The maximum atomic E-state index is 12.4. The van der Waals surface area contributed by atoms with Gasteiger partial charge in [0, 0.05) is 18.5 Å². The lowest BCUT2D eigenvalue weighted by atomic mass is 10.0. The van der Waals surface area contributed by atoms with Gasteiger partial charge in [-0.25, -0.2) is 0 Å². The summed E-state index contributed by atoms with van der Waals surface area (Å²) in [5.41, 5.74) is 7.20. The molecule has 0 aliphatic heterocycles. The largest absolute Gasteiger partial charge is 0.467 e. The van der Waals surface area contributed by atoms with E-state index in [0.717, 1.165) is 17.0 Å². The first-order valence-corrected chi connectivity index (χ1v) is 10.7. The summed E-state index contributed by atoms with van der Waals surface area (Å²) in [4.78, 5) is 23.6. The first kappa shape index (κ1) is 21.6. The standard InChI is InChI=1S/C21H25N5O3S/c1-14(2)15-5-3-6-16(11-15)23-20(28)13-30-21-25-24-19(9-8-18(22)27)26(21)12-17-7-4-10-29-17/h3-7,10-11,14H,8-9,12-13H2,1-2H3,(H2,22,27)(H,23,28). The van der Waals surface area contributed by atoms with Crippen LogP contribution in [0, 0.1) is 0 Å². The maximum absolute atomic E-state index is 12.4. The monoisotopic (exact) mass is 427 g/mol. The molecule has 0 saturated heterocycles. The molecular weight excluding hydrogens is 402 g/mol. The number of thioether (sulfide) groups is 1. The highest BCUT2D eigenvalue weighted by atomic mass is 32.2. The van der Waals surface area contributed by atoms with Crippen LogP contribution in [-0.4, -0.2) is 32.3 Å². The Hall–Kier alpha value is -3.07. The van der Waals surface area contributed by atoms with E-state index in [4.69, 9.17) is 10.2 Å². The Balaban J connectivity index is 1.67. The van der Waals surface area contributed by atoms with Gasteiger partial charge >= 0.3 is 0 Å². The van der Waals surface area contributed by atoms with Crippen LogP contribution in [0.5, 0.6) is 0 Å². The van der Waals surface area contributed by atoms with Crippen LogP contribution >= 0.6 is 11.8 Å². The fraction of sp³-hybridized carbons (Fsp3) is 0.333. The maximum Gasteiger partial charge on any atom is 0.234 e. The molecule has 3 rings (SSSR count). The van der Waals surface area contributed by atoms with E-state index in [1.165, 1.54) is 11.8 Å². The highest BCUT2D eigenvalue weighted by molar-refractivity contribution is 7.99. The zero-order chi connectivity index (χ0) is 21.5. The van der Waals surface area contributed by atoms with Gasteiger partial charge in [-0.1, -0.05) is 37.7 Å². The Morgan fingerprint density at radius 1 is 1.23 bits per heavy atom. The predicted octanol–water partition coefficient (Wildman–Crippen LogP) is 3.19. The van der Waals surface area contributed by atoms with Crippen LogP contribution in [0.2, 0.25) is 0 Å². The molecule has 0 unspecified atom stereocenters. The lowest BCUT2D eigenvalue weighted by Gasteiger charge is -2.10. The molecule has 158 valence electrons. The number of benzene rings is 1. The first-order valence-electron chi connectivity index (χ1n) is 9.67. The van der Waals surface area contributed by atoms with Crippen LogP contribution in [0.15, 0.2) is 52.2 Å². The third-order valence-corrected chi connectivity index (χ3v) is 5.42. The summed E-state index contributed by atoms with van der Waals surface area (Å²) in [6.07, 6.45) is 2.14. The van der Waals surface area contributed by atoms with Gasteiger partial charge in [0.1, 0.15) is 11.6 Å². The van der Waals surface area contributed by atoms with E-state index in [1.54, 1.807) is 12.3 Å². The van der Waals surface area contributed by atoms with Crippen molar-refractivity contribution < 1.29 is 14.0 Å². The van der Waals surface area contributed by atoms with Gasteiger partial charge in [-0.05, 0) is 35.7 Å². The van der Waals surface area contributed by atoms with Gasteiger partial charge in [0.05, 0.1) is 18.6 Å². The smallest absolute Gasteiger partial charge is 0.234 e. The topological polar surface area (TPSA) is 116 Å². The van der Waals surface area contributed by atoms with E-state index in [2.05, 4.69) is 29.4 Å². The lowest BCUT2D eigenvalue weighted by Crippen LogP contribution is -2.16. The minimum absolute atomic E-state index is 0.132. The molecule has 2 heterocycles. The molecule has 30 heavy (non-hydrogen) atoms. The van der Waals surface area contributed by atoms with E-state index in [1.807, 2.05) is 34.9 Å². The summed E-state index contributed by atoms with van der Waals surface area (Å²) in [6.45, 7) is 4.63. The van der Waals surface area contributed by atoms with Gasteiger partial charge < -0.3 is 15.5 Å². The summed E-state index contributed by atoms with van der Waals surface area (Å²) in [7, 11) is 0. The Bertz CT molecular complexity index is 998. The second-order valence-electron chi connectivity index (χ2n) is 7.15. The van der Waals surface area contributed by atoms with Gasteiger partial charge in [-0.2, -0.15) is 0 Å². The highest BCUT2D eigenvalue weighted by Gasteiger charge is 2.16. The number of nitrogens with two attached hydrogens (primary N) is 1. The van der Waals surface area contributed by atoms with Crippen molar-refractivity contribution in [1.29, 1.82) is 0 Å². The molecule has 0 bridgehead atoms. The van der Waals surface area contributed by atoms with Crippen LogP contribution in [-0.2, 0) is 22.6 Å². The van der Waals surface area contributed by atoms with E-state index in [9.17, 15) is 9.59 Å². The number of nitrogens with zero attached hydrogens (tertiary/aromatic N) is 3. The highest BCUT2D eigenvalue weighted by Crippen LogP contribution is 2.22. The number of hydrogen-bond donors (Lipinski definition) is 2. The molecule has 1 aromatic carbocycles. The van der Waals surface area contributed by atoms with Crippen LogP contribution in [0.25, 0.3) is 0 Å². The van der Waals surface area contributed by atoms with Crippen molar-refractivity contribution in [2.45, 2.75) is 44.3 Å². The fourth-order valence-corrected chi connectivity index (χ4v) is 3.62. The zero-order valence-electron chi connectivity index (χ0n) is 17.0. The van der Waals surface area contributed by atoms with E-state index >= 15 is 0 Å². The average Bonchev–Trinajstić information content (AvgIpc) is 3.35. The second-order valence-corrected chi connectivity index (χ2v) is 8.09. The molecular formula is C21H25N5O3S. The summed E-state index contributed by atoms with van der Waals surface area (Å²) in [5, 5.41) is 11.9. The first-order chi connectivity index (χ1) is 14.4. The van der Waals surface area contributed by atoms with E-state index in [0.29, 0.717) is 29.9 Å². The molecule has 0 aliphatic carbocycles. The number of hydrogen-bond acceptors (Lipinski definition) is 6. The number of carbonyl (C=O) groups excluding carboxylic acids is 2. The Labute approximate surface area is 179 Å². The van der Waals surface area contributed by atoms with Gasteiger partial charge in [-0.3, -0.25) is 14.2 Å². The molecule has 3 N–H and O–H groups in total. The van der Waals surface area contributed by atoms with Crippen LogP contribution < -0.4 is 11.1 Å². The molecule has 2 aromatic heterocycles. The summed E-state index contributed by atoms with van der Waals surface area (Å²) >= 11 is 1.28. The number of amides is 2. The Morgan fingerprint density at radius 2 is 2.07 bits per heavy atom. The van der Waals surface area contributed by atoms with Gasteiger partial charge in [-0.15, -0.1) is 10.2 Å². The van der Waals surface area contributed by atoms with Gasteiger partial charge in [0.15, 0.2) is 5.16 Å². The van der Waals surface area contributed by atoms with Crippen molar-refractivity contribution in [2.75, 3.05) is 11.1 Å². The second kappa shape index (κ2) is 10.1. The Morgan fingerprint density at radius 3 is 2.77 bits per heavy atom. The minimum Gasteiger partial charge on any atom is -0.467 e. The van der Waals surface area contributed by atoms with Gasteiger partial charge in [0.2, 0.25) is 11.8 Å². The molecule has 0 radical (unpaired) electrons. The van der Waals surface area contributed by atoms with Crippen LogP contribution in [0.3, 0.4) is 0 Å². The molecule has 0 saturated carbocycles. The lowest BCUT2D eigenvalue weighted by molar-refractivity contribution is -0.118. The number of nitrogens with one attached hydrogen (secondary N) is 1. The van der Waals surface area contributed by atoms with Crippen LogP contribution in [0.4, 0.5) is 5.69 Å². The quantitative estimate of drug-likeness (QED) is 0.480. The molecule has 0 spiro atoms. The summed E-state index contributed by atoms with van der Waals surface area (Å²) < 4.78 is 7.27. The number of carbonyl (C=O) groups is 2. The minimum atomic E-state index is -0.403. The van der Waals surface area contributed by atoms with Crippen molar-refractivity contribution in [3.8, 4) is 0 Å². The number of rotatable bonds is 10. The summed E-state index contributed by atoms with van der Waals surface area (Å²) in [6, 6.07) is 11.5. The number of aryl methyl sites for hydroxylation is 1. The zero-order valence-corrected chi connectivity index (χ0v) is 17.8. The predicted molar refractivity (Wildman–Crippen MR) is 115 cm³/mol. The van der Waals surface area contributed by atoms with Crippen LogP contribution in [0.1, 0.15) is 43.3 Å². The average molecular weight is 428 g/mol. The summed E-state index contributed by atoms with van der Waals surface area (Å²) in [5.74, 6) is 1.38. The molecule has 0 atom stereocenters. The number of primary amides is 1.